The van der Waals surface area contributed by atoms with Crippen LogP contribution in [-0.4, -0.2) is 15.2 Å². The van der Waals surface area contributed by atoms with E-state index in [1.54, 1.807) is 12.1 Å². The zero-order valence-corrected chi connectivity index (χ0v) is 9.11. The molecule has 0 bridgehead atoms. The molecular weight excluding hydrogens is 228 g/mol. The van der Waals surface area contributed by atoms with E-state index < -0.39 is 0 Å². The van der Waals surface area contributed by atoms with E-state index in [0.29, 0.717) is 22.4 Å². The zero-order chi connectivity index (χ0) is 11.1. The molecule has 1 fully saturated rings. The van der Waals surface area contributed by atoms with E-state index in [-0.39, 0.29) is 5.75 Å². The number of hydrogen-bond acceptors (Lipinski definition) is 4. The van der Waals surface area contributed by atoms with Crippen molar-refractivity contribution in [2.45, 2.75) is 18.8 Å². The molecule has 0 saturated heterocycles. The summed E-state index contributed by atoms with van der Waals surface area (Å²) in [5.74, 6) is 1.73. The Bertz CT molecular complexity index is 535. The Hall–Kier alpha value is -1.55. The summed E-state index contributed by atoms with van der Waals surface area (Å²) in [6.45, 7) is 0. The van der Waals surface area contributed by atoms with Gasteiger partial charge in [-0.3, -0.25) is 0 Å². The second kappa shape index (κ2) is 3.49. The smallest absolute Gasteiger partial charge is 0.259 e. The van der Waals surface area contributed by atoms with Gasteiger partial charge in [-0.05, 0) is 31.0 Å². The Morgan fingerprint density at radius 1 is 1.38 bits per heavy atom. The van der Waals surface area contributed by atoms with Crippen molar-refractivity contribution in [1.29, 1.82) is 0 Å². The number of phenolic OH excluding ortho intramolecular Hbond substituents is 1. The fraction of sp³-hybridized carbons (Fsp3) is 0.273. The van der Waals surface area contributed by atoms with Crippen molar-refractivity contribution in [1.82, 2.24) is 10.1 Å². The van der Waals surface area contributed by atoms with Crippen LogP contribution in [0.2, 0.25) is 5.02 Å². The number of phenols is 1. The fourth-order valence-corrected chi connectivity index (χ4v) is 1.78. The zero-order valence-electron chi connectivity index (χ0n) is 8.35. The van der Waals surface area contributed by atoms with Crippen molar-refractivity contribution < 1.29 is 9.63 Å². The number of halogens is 1. The van der Waals surface area contributed by atoms with Crippen LogP contribution in [0, 0.1) is 0 Å². The van der Waals surface area contributed by atoms with Gasteiger partial charge < -0.3 is 9.63 Å². The molecule has 1 aliphatic carbocycles. The van der Waals surface area contributed by atoms with Gasteiger partial charge in [0.2, 0.25) is 0 Å². The lowest BCUT2D eigenvalue weighted by atomic mass is 10.2. The molecule has 0 amide bonds. The maximum Gasteiger partial charge on any atom is 0.259 e. The molecule has 82 valence electrons. The van der Waals surface area contributed by atoms with Gasteiger partial charge in [0.15, 0.2) is 5.82 Å². The first-order chi connectivity index (χ1) is 7.74. The lowest BCUT2D eigenvalue weighted by Crippen LogP contribution is -1.83. The first kappa shape index (κ1) is 9.66. The molecule has 4 nitrogen and oxygen atoms in total. The summed E-state index contributed by atoms with van der Waals surface area (Å²) in [7, 11) is 0. The van der Waals surface area contributed by atoms with Gasteiger partial charge in [0, 0.05) is 5.92 Å². The minimum absolute atomic E-state index is 0.121. The summed E-state index contributed by atoms with van der Waals surface area (Å²) < 4.78 is 5.15. The lowest BCUT2D eigenvalue weighted by molar-refractivity contribution is 0.422. The van der Waals surface area contributed by atoms with E-state index in [0.717, 1.165) is 18.7 Å². The molecule has 0 atom stereocenters. The molecular formula is C11H9ClN2O2. The van der Waals surface area contributed by atoms with Crippen molar-refractivity contribution in [3.8, 4) is 17.2 Å². The van der Waals surface area contributed by atoms with Crippen LogP contribution in [-0.2, 0) is 0 Å². The van der Waals surface area contributed by atoms with E-state index in [1.165, 1.54) is 6.07 Å². The Balaban J connectivity index is 2.00. The van der Waals surface area contributed by atoms with Gasteiger partial charge in [-0.1, -0.05) is 16.8 Å². The third-order valence-electron chi connectivity index (χ3n) is 2.57. The second-order valence-electron chi connectivity index (χ2n) is 3.90. The Morgan fingerprint density at radius 2 is 2.19 bits per heavy atom. The van der Waals surface area contributed by atoms with Gasteiger partial charge >= 0.3 is 0 Å². The predicted molar refractivity (Wildman–Crippen MR) is 58.4 cm³/mol. The van der Waals surface area contributed by atoms with Crippen LogP contribution in [0.3, 0.4) is 0 Å². The van der Waals surface area contributed by atoms with Crippen LogP contribution >= 0.6 is 11.6 Å². The van der Waals surface area contributed by atoms with Gasteiger partial charge in [0.25, 0.3) is 5.89 Å². The molecule has 1 aromatic heterocycles. The van der Waals surface area contributed by atoms with Gasteiger partial charge in [-0.25, -0.2) is 0 Å². The molecule has 0 unspecified atom stereocenters. The van der Waals surface area contributed by atoms with Crippen LogP contribution in [0.1, 0.15) is 24.6 Å². The molecule has 5 heteroatoms. The summed E-state index contributed by atoms with van der Waals surface area (Å²) in [5, 5.41) is 13.6. The fourth-order valence-electron chi connectivity index (χ4n) is 1.53. The summed E-state index contributed by atoms with van der Waals surface area (Å²) in [4.78, 5) is 4.29. The molecule has 0 spiro atoms. The quantitative estimate of drug-likeness (QED) is 0.871. The van der Waals surface area contributed by atoms with Crippen LogP contribution in [0.4, 0.5) is 0 Å². The van der Waals surface area contributed by atoms with E-state index in [1.807, 2.05) is 0 Å². The first-order valence-electron chi connectivity index (χ1n) is 5.06. The van der Waals surface area contributed by atoms with Gasteiger partial charge in [0.1, 0.15) is 5.75 Å². The second-order valence-corrected chi connectivity index (χ2v) is 4.30. The highest BCUT2D eigenvalue weighted by Crippen LogP contribution is 2.39. The molecule has 1 aromatic carbocycles. The number of benzene rings is 1. The van der Waals surface area contributed by atoms with Crippen LogP contribution < -0.4 is 0 Å². The summed E-state index contributed by atoms with van der Waals surface area (Å²) in [6, 6.07) is 4.67. The predicted octanol–water partition coefficient (Wildman–Crippen LogP) is 2.97. The molecule has 16 heavy (non-hydrogen) atoms. The Labute approximate surface area is 96.9 Å². The molecule has 1 saturated carbocycles. The molecule has 1 heterocycles. The Morgan fingerprint density at radius 3 is 2.88 bits per heavy atom. The highest BCUT2D eigenvalue weighted by Gasteiger charge is 2.29. The summed E-state index contributed by atoms with van der Waals surface area (Å²) >= 11 is 5.98. The molecule has 3 rings (SSSR count). The lowest BCUT2D eigenvalue weighted by Gasteiger charge is -1.98. The van der Waals surface area contributed by atoms with Crippen LogP contribution in [0.25, 0.3) is 11.5 Å². The largest absolute Gasteiger partial charge is 0.508 e. The molecule has 1 aliphatic rings. The maximum absolute atomic E-state index is 9.24. The van der Waals surface area contributed by atoms with Crippen molar-refractivity contribution in [2.24, 2.45) is 0 Å². The summed E-state index contributed by atoms with van der Waals surface area (Å²) in [5.41, 5.74) is 0.652. The minimum Gasteiger partial charge on any atom is -0.508 e. The van der Waals surface area contributed by atoms with Crippen molar-refractivity contribution in [3.63, 3.8) is 0 Å². The van der Waals surface area contributed by atoms with Crippen molar-refractivity contribution in [3.05, 3.63) is 29.0 Å². The number of aromatic hydroxyl groups is 1. The highest BCUT2D eigenvalue weighted by molar-refractivity contribution is 6.33. The van der Waals surface area contributed by atoms with Crippen molar-refractivity contribution >= 4 is 11.6 Å². The topological polar surface area (TPSA) is 59.2 Å². The standard InChI is InChI=1S/C11H9ClN2O2/c12-9-5-7(15)3-4-8(9)11-13-10(14-16-11)6-1-2-6/h3-6,15H,1-2H2. The molecule has 0 aliphatic heterocycles. The third kappa shape index (κ3) is 1.65. The molecule has 2 aromatic rings. The van der Waals surface area contributed by atoms with E-state index >= 15 is 0 Å². The normalized spacial score (nSPS) is 15.3. The molecule has 0 radical (unpaired) electrons. The van der Waals surface area contributed by atoms with Crippen LogP contribution in [0.15, 0.2) is 22.7 Å². The monoisotopic (exact) mass is 236 g/mol. The minimum atomic E-state index is 0.121. The maximum atomic E-state index is 9.24. The number of aromatic nitrogens is 2. The van der Waals surface area contributed by atoms with Gasteiger partial charge in [-0.2, -0.15) is 4.98 Å². The number of nitrogens with zero attached hydrogens (tertiary/aromatic N) is 2. The van der Waals surface area contributed by atoms with E-state index in [2.05, 4.69) is 10.1 Å². The molecule has 1 N–H and O–H groups in total. The number of rotatable bonds is 2. The average Bonchev–Trinajstić information content (AvgIpc) is 2.98. The van der Waals surface area contributed by atoms with Crippen LogP contribution in [0.5, 0.6) is 5.75 Å². The van der Waals surface area contributed by atoms with Crippen molar-refractivity contribution in [2.75, 3.05) is 0 Å². The first-order valence-corrected chi connectivity index (χ1v) is 5.44. The third-order valence-corrected chi connectivity index (χ3v) is 2.88. The Kier molecular flexibility index (Phi) is 2.11. The van der Waals surface area contributed by atoms with E-state index in [4.69, 9.17) is 16.1 Å². The van der Waals surface area contributed by atoms with Gasteiger partial charge in [-0.15, -0.1) is 0 Å². The number of hydrogen-bond donors (Lipinski definition) is 1. The SMILES string of the molecule is Oc1ccc(-c2nc(C3CC3)no2)c(Cl)c1. The highest BCUT2D eigenvalue weighted by atomic mass is 35.5. The van der Waals surface area contributed by atoms with E-state index in [9.17, 15) is 5.11 Å². The average molecular weight is 237 g/mol. The van der Waals surface area contributed by atoms with Gasteiger partial charge in [0.05, 0.1) is 10.6 Å². The summed E-state index contributed by atoms with van der Waals surface area (Å²) in [6.07, 6.45) is 2.25.